The summed E-state index contributed by atoms with van der Waals surface area (Å²) in [6.07, 6.45) is -14.6. The Morgan fingerprint density at radius 1 is 0.255 bits per heavy atom. The number of rotatable bonds is 31. The Bertz CT molecular complexity index is 3530. The summed E-state index contributed by atoms with van der Waals surface area (Å²) in [4.78, 5) is 0. The van der Waals surface area contributed by atoms with E-state index in [9.17, 15) is 5.11 Å². The summed E-state index contributed by atoms with van der Waals surface area (Å²) in [7, 11) is 0. The Hall–Kier alpha value is -6.53. The number of hydrogen-bond acceptors (Lipinski definition) is 17. The second-order valence-corrected chi connectivity index (χ2v) is 26.4. The van der Waals surface area contributed by atoms with Gasteiger partial charge in [0.25, 0.3) is 0 Å². The molecule has 1 N–H and O–H groups in total. The van der Waals surface area contributed by atoms with Gasteiger partial charge in [0, 0.05) is 0 Å². The minimum atomic E-state index is -1.16. The smallest absolute Gasteiger partial charge is 0.187 e. The van der Waals surface area contributed by atoms with E-state index in [-0.39, 0.29) is 46.2 Å². The molecule has 518 valence electrons. The van der Waals surface area contributed by atoms with E-state index in [4.69, 9.17) is 71.1 Å². The van der Waals surface area contributed by atoms with Crippen molar-refractivity contribution in [1.29, 1.82) is 0 Å². The third kappa shape index (κ3) is 19.1. The van der Waals surface area contributed by atoms with Crippen LogP contribution >= 0.6 is 11.8 Å². The van der Waals surface area contributed by atoms with Crippen molar-refractivity contribution in [3.8, 4) is 0 Å². The van der Waals surface area contributed by atoms with Crippen LogP contribution in [0.4, 0.5) is 0 Å². The predicted molar refractivity (Wildman–Crippen MR) is 372 cm³/mol. The molecule has 16 nitrogen and oxygen atoms in total. The van der Waals surface area contributed by atoms with Crippen molar-refractivity contribution in [2.24, 2.45) is 0 Å². The van der Waals surface area contributed by atoms with Gasteiger partial charge < -0.3 is 76.2 Å². The molecule has 4 aliphatic heterocycles. The van der Waals surface area contributed by atoms with E-state index in [1.54, 1.807) is 11.8 Å². The first kappa shape index (κ1) is 71.3. The zero-order valence-electron chi connectivity index (χ0n) is 56.3. The van der Waals surface area contributed by atoms with Crippen LogP contribution in [0.2, 0.25) is 0 Å². The van der Waals surface area contributed by atoms with Gasteiger partial charge in [0.2, 0.25) is 0 Å². The minimum Gasteiger partial charge on any atom is -0.388 e. The van der Waals surface area contributed by atoms with Crippen molar-refractivity contribution in [3.63, 3.8) is 0 Å². The van der Waals surface area contributed by atoms with E-state index in [1.165, 1.54) is 0 Å². The lowest BCUT2D eigenvalue weighted by molar-refractivity contribution is -0.392. The van der Waals surface area contributed by atoms with Crippen molar-refractivity contribution >= 4 is 11.8 Å². The second kappa shape index (κ2) is 36.2. The van der Waals surface area contributed by atoms with E-state index >= 15 is 0 Å². The van der Waals surface area contributed by atoms with Gasteiger partial charge in [-0.3, -0.25) is 0 Å². The lowest BCUT2D eigenvalue weighted by Crippen LogP contribution is -2.67. The molecule has 8 aromatic rings. The van der Waals surface area contributed by atoms with Crippen LogP contribution in [0.15, 0.2) is 243 Å². The minimum absolute atomic E-state index is 0.147. The van der Waals surface area contributed by atoms with Crippen LogP contribution in [0.5, 0.6) is 0 Å². The first-order chi connectivity index (χ1) is 48.1. The SMILES string of the molecule is CS[C@@H]1O[C@@H](C)[C@H](O[C@@H]2O[C@@H](C)[C@H](O[C@@H]3O[C@@H](C)[C@H](O[C@@H]4O[C@@H](C)[C@H](O)[C@@H](OCc5ccccc5)[C@H]4OCc4ccccc4)[C@@H](OCc4ccccc4)[C@H]3OCc3ccccc3)[C@@H](OCc3ccccc3)[C@H]2OCc2ccccc2)[C@@H](OCc2ccccc2)[C@H]1OCc1ccccc1. The fourth-order valence-electron chi connectivity index (χ4n) is 13.0. The average Bonchev–Trinajstić information content (AvgIpc) is 0.772. The summed E-state index contributed by atoms with van der Waals surface area (Å²) in [6, 6.07) is 79.8. The standard InChI is InChI=1S/C81H92O16S/c1-54-66(82)70(83-46-58-30-14-6-15-31-58)74(87-50-62-38-22-10-23-39-62)78(91-54)95-67-55(2)92-79(75(88-51-63-40-24-11-25-41-63)71(67)84-47-59-32-16-7-17-33-59)96-68-56(3)93-80(76(89-52-64-42-26-12-27-43-64)72(68)85-48-60-34-18-8-19-35-60)97-69-57(4)94-81(98-5)77(90-53-65-44-28-13-29-45-65)73(69)86-49-61-36-20-9-21-37-61/h6-45,54-57,66-82H,46-53H2,1-5H3/t54-,55-,56-,57-,66-,67-,68-,69-,70+,71+,72+,73+,74+,75+,76+,77+,78-,79-,80-,81-/m0/s1. The zero-order valence-corrected chi connectivity index (χ0v) is 57.1. The molecule has 0 radical (unpaired) electrons. The van der Waals surface area contributed by atoms with Gasteiger partial charge in [-0.1, -0.05) is 243 Å². The van der Waals surface area contributed by atoms with Crippen LogP contribution < -0.4 is 0 Å². The zero-order chi connectivity index (χ0) is 67.4. The normalized spacial score (nSPS) is 30.4. The molecule has 0 saturated carbocycles. The summed E-state index contributed by atoms with van der Waals surface area (Å²) < 4.78 is 107. The highest BCUT2D eigenvalue weighted by molar-refractivity contribution is 7.99. The third-order valence-corrected chi connectivity index (χ3v) is 19.2. The number of aliphatic hydroxyl groups is 1. The molecular formula is C81H92O16S. The van der Waals surface area contributed by atoms with E-state index in [0.717, 1.165) is 44.5 Å². The number of hydrogen-bond donors (Lipinski definition) is 1. The topological polar surface area (TPSA) is 159 Å². The Morgan fingerprint density at radius 3 is 0.724 bits per heavy atom. The fourth-order valence-corrected chi connectivity index (χ4v) is 13.8. The van der Waals surface area contributed by atoms with E-state index in [0.29, 0.717) is 6.61 Å². The van der Waals surface area contributed by atoms with Crippen LogP contribution in [-0.2, 0) is 124 Å². The molecule has 4 aliphatic rings. The monoisotopic (exact) mass is 1350 g/mol. The number of thioether (sulfide) groups is 1. The van der Waals surface area contributed by atoms with Gasteiger partial charge in [0.05, 0.1) is 77.3 Å². The molecule has 4 saturated heterocycles. The van der Waals surface area contributed by atoms with Gasteiger partial charge in [0.1, 0.15) is 78.7 Å². The lowest BCUT2D eigenvalue weighted by Gasteiger charge is -2.51. The van der Waals surface area contributed by atoms with Crippen molar-refractivity contribution < 1.29 is 76.2 Å². The Morgan fingerprint density at radius 2 is 0.459 bits per heavy atom. The molecule has 4 heterocycles. The highest BCUT2D eigenvalue weighted by atomic mass is 32.2. The summed E-state index contributed by atoms with van der Waals surface area (Å²) in [6.45, 7) is 9.36. The highest BCUT2D eigenvalue weighted by Gasteiger charge is 2.57. The molecule has 0 bridgehead atoms. The number of ether oxygens (including phenoxy) is 15. The maximum absolute atomic E-state index is 12.0. The van der Waals surface area contributed by atoms with Crippen molar-refractivity contribution in [2.45, 2.75) is 203 Å². The molecule has 0 unspecified atom stereocenters. The van der Waals surface area contributed by atoms with Gasteiger partial charge >= 0.3 is 0 Å². The van der Waals surface area contributed by atoms with E-state index < -0.39 is 122 Å². The fraction of sp³-hybridized carbons (Fsp3) is 0.407. The van der Waals surface area contributed by atoms with Crippen LogP contribution in [0.3, 0.4) is 0 Å². The molecule has 12 rings (SSSR count). The van der Waals surface area contributed by atoms with Gasteiger partial charge in [-0.2, -0.15) is 0 Å². The molecule has 0 aliphatic carbocycles. The molecule has 20 atom stereocenters. The Labute approximate surface area is 580 Å². The van der Waals surface area contributed by atoms with Crippen LogP contribution in [0.1, 0.15) is 72.2 Å². The molecule has 0 amide bonds. The average molecular weight is 1350 g/mol. The molecule has 4 fully saturated rings. The van der Waals surface area contributed by atoms with Crippen LogP contribution in [-0.4, -0.2) is 133 Å². The van der Waals surface area contributed by atoms with Crippen molar-refractivity contribution in [2.75, 3.05) is 6.26 Å². The maximum atomic E-state index is 12.0. The lowest BCUT2D eigenvalue weighted by atomic mass is 9.95. The van der Waals surface area contributed by atoms with Crippen LogP contribution in [0, 0.1) is 0 Å². The Kier molecular flexibility index (Phi) is 26.3. The first-order valence-corrected chi connectivity index (χ1v) is 35.4. The van der Waals surface area contributed by atoms with Gasteiger partial charge in [-0.05, 0) is 78.5 Å². The molecule has 8 aromatic carbocycles. The van der Waals surface area contributed by atoms with E-state index in [1.807, 2.05) is 277 Å². The summed E-state index contributed by atoms with van der Waals surface area (Å²) in [5.74, 6) is 0. The van der Waals surface area contributed by atoms with Gasteiger partial charge in [-0.15, -0.1) is 11.8 Å². The largest absolute Gasteiger partial charge is 0.388 e. The van der Waals surface area contributed by atoms with Gasteiger partial charge in [0.15, 0.2) is 18.9 Å². The number of aliphatic hydroxyl groups excluding tert-OH is 1. The van der Waals surface area contributed by atoms with E-state index in [2.05, 4.69) is 0 Å². The third-order valence-electron chi connectivity index (χ3n) is 18.3. The number of benzene rings is 8. The van der Waals surface area contributed by atoms with Crippen molar-refractivity contribution in [1.82, 2.24) is 0 Å². The van der Waals surface area contributed by atoms with Gasteiger partial charge in [-0.25, -0.2) is 0 Å². The molecule has 0 aromatic heterocycles. The second-order valence-electron chi connectivity index (χ2n) is 25.5. The predicted octanol–water partition coefficient (Wildman–Crippen LogP) is 13.5. The summed E-state index contributed by atoms with van der Waals surface area (Å²) >= 11 is 1.57. The Balaban J connectivity index is 0.901. The molecular weight excluding hydrogens is 1260 g/mol. The quantitative estimate of drug-likeness (QED) is 0.0437. The van der Waals surface area contributed by atoms with Crippen molar-refractivity contribution in [3.05, 3.63) is 287 Å². The molecule has 98 heavy (non-hydrogen) atoms. The molecule has 0 spiro atoms. The molecule has 17 heteroatoms. The van der Waals surface area contributed by atoms with Crippen LogP contribution in [0.25, 0.3) is 0 Å². The summed E-state index contributed by atoms with van der Waals surface area (Å²) in [5, 5.41) is 12.0. The maximum Gasteiger partial charge on any atom is 0.187 e. The highest BCUT2D eigenvalue weighted by Crippen LogP contribution is 2.41. The summed E-state index contributed by atoms with van der Waals surface area (Å²) in [5.41, 5.74) is 7.15. The first-order valence-electron chi connectivity index (χ1n) is 34.2.